The van der Waals surface area contributed by atoms with Crippen LogP contribution < -0.4 is 11.1 Å². The zero-order valence-electron chi connectivity index (χ0n) is 12.6. The van der Waals surface area contributed by atoms with Crippen LogP contribution in [0.3, 0.4) is 0 Å². The average molecular weight is 316 g/mol. The number of esters is 1. The van der Waals surface area contributed by atoms with E-state index in [1.54, 1.807) is 35.1 Å². The second-order valence-electron chi connectivity index (χ2n) is 4.83. The molecule has 0 spiro atoms. The molecule has 1 aromatic heterocycles. The number of carbonyl (C=O) groups is 3. The van der Waals surface area contributed by atoms with Gasteiger partial charge in [0.2, 0.25) is 0 Å². The number of aryl methyl sites for hydroxylation is 1. The number of aromatic nitrogens is 2. The highest BCUT2D eigenvalue weighted by atomic mass is 16.5. The summed E-state index contributed by atoms with van der Waals surface area (Å²) in [6.07, 6.45) is 0.541. The largest absolute Gasteiger partial charge is 0.449 e. The Hall–Kier alpha value is -3.16. The van der Waals surface area contributed by atoms with Gasteiger partial charge in [-0.15, -0.1) is 0 Å². The van der Waals surface area contributed by atoms with Crippen molar-refractivity contribution in [1.82, 2.24) is 15.1 Å². The van der Waals surface area contributed by atoms with E-state index in [0.717, 1.165) is 11.4 Å². The molecule has 1 heterocycles. The summed E-state index contributed by atoms with van der Waals surface area (Å²) < 4.78 is 6.69. The standard InChI is InChI=1S/C15H16N4O4/c1-9-7-8-17-19(9)12-5-3-11(4-6-12)14(21)23-10(2)13(20)18-15(16)22/h3-8,10H,1-2H3,(H3,16,18,20,22)/t10-/m1/s1. The zero-order chi connectivity index (χ0) is 17.0. The molecule has 0 aliphatic heterocycles. The summed E-state index contributed by atoms with van der Waals surface area (Å²) in [6, 6.07) is 7.42. The van der Waals surface area contributed by atoms with E-state index in [1.165, 1.54) is 6.92 Å². The van der Waals surface area contributed by atoms with Crippen LogP contribution in [-0.2, 0) is 9.53 Å². The van der Waals surface area contributed by atoms with Gasteiger partial charge in [-0.05, 0) is 44.2 Å². The topological polar surface area (TPSA) is 116 Å². The second kappa shape index (κ2) is 6.73. The molecule has 0 aliphatic carbocycles. The number of imide groups is 1. The number of hydrogen-bond donors (Lipinski definition) is 2. The molecular weight excluding hydrogens is 300 g/mol. The fourth-order valence-corrected chi connectivity index (χ4v) is 1.88. The fraction of sp³-hybridized carbons (Fsp3) is 0.200. The molecule has 1 atom stereocenters. The molecule has 0 radical (unpaired) electrons. The number of amides is 3. The third kappa shape index (κ3) is 3.94. The Kier molecular flexibility index (Phi) is 4.75. The van der Waals surface area contributed by atoms with Crippen molar-refractivity contribution in [1.29, 1.82) is 0 Å². The molecule has 23 heavy (non-hydrogen) atoms. The maximum absolute atomic E-state index is 12.0. The third-order valence-electron chi connectivity index (χ3n) is 3.08. The van der Waals surface area contributed by atoms with Gasteiger partial charge in [0.25, 0.3) is 5.91 Å². The zero-order valence-corrected chi connectivity index (χ0v) is 12.6. The molecule has 0 saturated carbocycles. The minimum atomic E-state index is -1.14. The van der Waals surface area contributed by atoms with Crippen molar-refractivity contribution in [2.75, 3.05) is 0 Å². The molecule has 0 fully saturated rings. The highest BCUT2D eigenvalue weighted by Crippen LogP contribution is 2.12. The van der Waals surface area contributed by atoms with Crippen LogP contribution >= 0.6 is 0 Å². The van der Waals surface area contributed by atoms with Gasteiger partial charge in [-0.2, -0.15) is 5.10 Å². The monoisotopic (exact) mass is 316 g/mol. The number of ether oxygens (including phenoxy) is 1. The lowest BCUT2D eigenvalue weighted by molar-refractivity contribution is -0.127. The molecular formula is C15H16N4O4. The Morgan fingerprint density at radius 3 is 2.39 bits per heavy atom. The van der Waals surface area contributed by atoms with E-state index in [2.05, 4.69) is 5.10 Å². The first-order valence-electron chi connectivity index (χ1n) is 6.81. The van der Waals surface area contributed by atoms with Gasteiger partial charge in [-0.1, -0.05) is 0 Å². The number of urea groups is 1. The smallest absolute Gasteiger partial charge is 0.338 e. The summed E-state index contributed by atoms with van der Waals surface area (Å²) in [6.45, 7) is 3.26. The van der Waals surface area contributed by atoms with Crippen molar-refractivity contribution in [2.24, 2.45) is 5.73 Å². The minimum absolute atomic E-state index is 0.275. The molecule has 0 bridgehead atoms. The molecule has 0 unspecified atom stereocenters. The molecule has 3 N–H and O–H groups in total. The molecule has 0 aliphatic rings. The second-order valence-corrected chi connectivity index (χ2v) is 4.83. The highest BCUT2D eigenvalue weighted by molar-refractivity contribution is 5.98. The number of hydrogen-bond acceptors (Lipinski definition) is 5. The lowest BCUT2D eigenvalue weighted by Crippen LogP contribution is -2.42. The normalized spacial score (nSPS) is 11.6. The summed E-state index contributed by atoms with van der Waals surface area (Å²) in [4.78, 5) is 34.0. The molecule has 120 valence electrons. The Morgan fingerprint density at radius 1 is 1.22 bits per heavy atom. The van der Waals surface area contributed by atoms with Gasteiger partial charge in [0.1, 0.15) is 0 Å². The van der Waals surface area contributed by atoms with E-state index < -0.39 is 24.0 Å². The van der Waals surface area contributed by atoms with E-state index in [1.807, 2.05) is 18.3 Å². The highest BCUT2D eigenvalue weighted by Gasteiger charge is 2.20. The quantitative estimate of drug-likeness (QED) is 0.814. The summed E-state index contributed by atoms with van der Waals surface area (Å²) in [5.74, 6) is -1.46. The maximum atomic E-state index is 12.0. The summed E-state index contributed by atoms with van der Waals surface area (Å²) in [5, 5.41) is 6.01. The van der Waals surface area contributed by atoms with Gasteiger partial charge >= 0.3 is 12.0 Å². The lowest BCUT2D eigenvalue weighted by atomic mass is 10.2. The van der Waals surface area contributed by atoms with Crippen LogP contribution in [0.15, 0.2) is 36.5 Å². The van der Waals surface area contributed by atoms with Crippen LogP contribution in [0.2, 0.25) is 0 Å². The van der Waals surface area contributed by atoms with Crippen LogP contribution in [-0.4, -0.2) is 33.8 Å². The van der Waals surface area contributed by atoms with Gasteiger partial charge in [-0.25, -0.2) is 14.3 Å². The number of primary amides is 1. The number of benzene rings is 1. The van der Waals surface area contributed by atoms with Gasteiger partial charge in [0.05, 0.1) is 11.3 Å². The van der Waals surface area contributed by atoms with Crippen molar-refractivity contribution in [2.45, 2.75) is 20.0 Å². The number of rotatable bonds is 4. The van der Waals surface area contributed by atoms with Crippen molar-refractivity contribution in [3.8, 4) is 5.69 Å². The Balaban J connectivity index is 2.04. The third-order valence-corrected chi connectivity index (χ3v) is 3.08. The van der Waals surface area contributed by atoms with Crippen LogP contribution in [0.1, 0.15) is 23.0 Å². The Morgan fingerprint density at radius 2 is 1.87 bits per heavy atom. The molecule has 3 amide bonds. The molecule has 8 nitrogen and oxygen atoms in total. The van der Waals surface area contributed by atoms with Crippen LogP contribution in [0.4, 0.5) is 4.79 Å². The molecule has 0 saturated heterocycles. The predicted octanol–water partition coefficient (Wildman–Crippen LogP) is 0.921. The average Bonchev–Trinajstić information content (AvgIpc) is 2.92. The first-order valence-corrected chi connectivity index (χ1v) is 6.81. The van der Waals surface area contributed by atoms with Crippen LogP contribution in [0, 0.1) is 6.92 Å². The van der Waals surface area contributed by atoms with Gasteiger partial charge in [0.15, 0.2) is 6.10 Å². The van der Waals surface area contributed by atoms with Gasteiger partial charge < -0.3 is 10.5 Å². The first-order chi connectivity index (χ1) is 10.9. The van der Waals surface area contributed by atoms with Crippen LogP contribution in [0.25, 0.3) is 5.69 Å². The van der Waals surface area contributed by atoms with E-state index >= 15 is 0 Å². The maximum Gasteiger partial charge on any atom is 0.338 e. The number of nitrogens with zero attached hydrogens (tertiary/aromatic N) is 2. The Bertz CT molecular complexity index is 736. The van der Waals surface area contributed by atoms with Crippen LogP contribution in [0.5, 0.6) is 0 Å². The molecule has 8 heteroatoms. The predicted molar refractivity (Wildman–Crippen MR) is 80.9 cm³/mol. The minimum Gasteiger partial charge on any atom is -0.449 e. The number of carbonyl (C=O) groups excluding carboxylic acids is 3. The van der Waals surface area contributed by atoms with Gasteiger partial charge in [0, 0.05) is 11.9 Å². The lowest BCUT2D eigenvalue weighted by Gasteiger charge is -2.12. The summed E-state index contributed by atoms with van der Waals surface area (Å²) in [7, 11) is 0. The first kappa shape index (κ1) is 16.2. The summed E-state index contributed by atoms with van der Waals surface area (Å²) >= 11 is 0. The SMILES string of the molecule is Cc1ccnn1-c1ccc(C(=O)O[C@H](C)C(=O)NC(N)=O)cc1. The van der Waals surface area contributed by atoms with E-state index in [-0.39, 0.29) is 5.56 Å². The van der Waals surface area contributed by atoms with Crippen molar-refractivity contribution in [3.05, 3.63) is 47.8 Å². The van der Waals surface area contributed by atoms with Crippen molar-refractivity contribution >= 4 is 17.9 Å². The van der Waals surface area contributed by atoms with E-state index in [0.29, 0.717) is 0 Å². The number of nitrogens with one attached hydrogen (secondary N) is 1. The number of nitrogens with two attached hydrogens (primary N) is 1. The summed E-state index contributed by atoms with van der Waals surface area (Å²) in [5.41, 5.74) is 6.85. The van der Waals surface area contributed by atoms with E-state index in [4.69, 9.17) is 10.5 Å². The molecule has 2 aromatic rings. The fourth-order valence-electron chi connectivity index (χ4n) is 1.88. The van der Waals surface area contributed by atoms with Crippen molar-refractivity contribution in [3.63, 3.8) is 0 Å². The van der Waals surface area contributed by atoms with E-state index in [9.17, 15) is 14.4 Å². The van der Waals surface area contributed by atoms with Crippen molar-refractivity contribution < 1.29 is 19.1 Å². The molecule has 2 rings (SSSR count). The Labute approximate surface area is 132 Å². The molecule has 1 aromatic carbocycles. The van der Waals surface area contributed by atoms with Gasteiger partial charge in [-0.3, -0.25) is 10.1 Å².